The second-order valence-electron chi connectivity index (χ2n) is 10.4. The normalized spacial score (nSPS) is 49.2. The van der Waals surface area contributed by atoms with Crippen LogP contribution in [0.2, 0.25) is 0 Å². The van der Waals surface area contributed by atoms with Crippen molar-refractivity contribution in [2.24, 2.45) is 40.4 Å². The maximum absolute atomic E-state index is 12.2. The zero-order valence-electron chi connectivity index (χ0n) is 17.5. The molecule has 4 saturated carbocycles. The van der Waals surface area contributed by atoms with E-state index < -0.39 is 0 Å². The van der Waals surface area contributed by atoms with Crippen LogP contribution >= 0.6 is 0 Å². The van der Waals surface area contributed by atoms with E-state index in [1.54, 1.807) is 7.11 Å². The number of carbonyl (C=O) groups excluding carboxylic acids is 1. The molecule has 0 bridgehead atoms. The number of carbonyl (C=O) groups is 1. The van der Waals surface area contributed by atoms with Crippen molar-refractivity contribution in [3.05, 3.63) is 12.7 Å². The van der Waals surface area contributed by atoms with E-state index in [2.05, 4.69) is 26.5 Å². The third-order valence-electron chi connectivity index (χ3n) is 9.43. The minimum atomic E-state index is 0.285. The van der Waals surface area contributed by atoms with Crippen molar-refractivity contribution >= 4 is 5.78 Å². The van der Waals surface area contributed by atoms with Crippen molar-refractivity contribution < 1.29 is 14.3 Å². The molecule has 3 heteroatoms. The van der Waals surface area contributed by atoms with Gasteiger partial charge >= 0.3 is 0 Å². The second-order valence-corrected chi connectivity index (χ2v) is 10.4. The Balaban J connectivity index is 1.64. The molecule has 0 aromatic carbocycles. The van der Waals surface area contributed by atoms with Crippen LogP contribution in [0.1, 0.15) is 71.6 Å². The summed E-state index contributed by atoms with van der Waals surface area (Å²) < 4.78 is 11.4. The minimum absolute atomic E-state index is 0.285. The highest BCUT2D eigenvalue weighted by atomic mass is 16.7. The third kappa shape index (κ3) is 3.04. The van der Waals surface area contributed by atoms with Crippen LogP contribution in [0.5, 0.6) is 0 Å². The van der Waals surface area contributed by atoms with Gasteiger partial charge in [-0.2, -0.15) is 0 Å². The summed E-state index contributed by atoms with van der Waals surface area (Å²) in [5.41, 5.74) is 0.649. The number of hydrogen-bond donors (Lipinski definition) is 0. The average molecular weight is 375 g/mol. The van der Waals surface area contributed by atoms with Gasteiger partial charge in [0.15, 0.2) is 0 Å². The smallest absolute Gasteiger partial charge is 0.146 e. The fourth-order valence-electron chi connectivity index (χ4n) is 8.05. The molecule has 152 valence electrons. The summed E-state index contributed by atoms with van der Waals surface area (Å²) in [7, 11) is 1.72. The maximum atomic E-state index is 12.2. The van der Waals surface area contributed by atoms with Crippen molar-refractivity contribution in [3.8, 4) is 0 Å². The molecule has 0 aromatic rings. The molecular weight excluding hydrogens is 336 g/mol. The lowest BCUT2D eigenvalue weighted by atomic mass is 9.42. The highest BCUT2D eigenvalue weighted by Gasteiger charge is 2.62. The molecule has 4 aliphatic carbocycles. The molecule has 0 spiro atoms. The first-order chi connectivity index (χ1) is 12.9. The van der Waals surface area contributed by atoms with Crippen molar-refractivity contribution in [1.29, 1.82) is 0 Å². The molecule has 4 aliphatic rings. The standard InChI is InChI=1S/C24H38O3/c1-5-6-16-13-17-14-18(25)9-11-23(17,2)20-10-12-24(3)19(22(16)20)7-8-21(24)27-15-26-4/h5,16-17,19-22H,1,6-15H2,2-4H3/t16-,17?,19?,20?,21+,22?,23+,24+/m1/s1. The molecule has 0 saturated heterocycles. The van der Waals surface area contributed by atoms with Crippen LogP contribution in [-0.2, 0) is 14.3 Å². The van der Waals surface area contributed by atoms with Crippen molar-refractivity contribution in [1.82, 2.24) is 0 Å². The Labute approximate surface area is 165 Å². The average Bonchev–Trinajstić information content (AvgIpc) is 2.98. The van der Waals surface area contributed by atoms with Gasteiger partial charge in [0, 0.05) is 20.0 Å². The van der Waals surface area contributed by atoms with E-state index in [-0.39, 0.29) is 5.41 Å². The van der Waals surface area contributed by atoms with E-state index in [1.165, 1.54) is 32.1 Å². The first-order valence-corrected chi connectivity index (χ1v) is 11.2. The van der Waals surface area contributed by atoms with Gasteiger partial charge in [0.05, 0.1) is 6.10 Å². The zero-order chi connectivity index (χ0) is 19.2. The first-order valence-electron chi connectivity index (χ1n) is 11.2. The summed E-state index contributed by atoms with van der Waals surface area (Å²) in [6.07, 6.45) is 12.6. The Kier molecular flexibility index (Phi) is 5.31. The fraction of sp³-hybridized carbons (Fsp3) is 0.875. The molecular formula is C24H38O3. The predicted molar refractivity (Wildman–Crippen MR) is 107 cm³/mol. The summed E-state index contributed by atoms with van der Waals surface area (Å²) in [6.45, 7) is 9.52. The predicted octanol–water partition coefficient (Wildman–Crippen LogP) is 5.39. The van der Waals surface area contributed by atoms with Crippen LogP contribution in [-0.4, -0.2) is 25.8 Å². The first kappa shape index (κ1) is 19.6. The Bertz CT molecular complexity index is 586. The fourth-order valence-corrected chi connectivity index (χ4v) is 8.05. The highest BCUT2D eigenvalue weighted by molar-refractivity contribution is 5.79. The lowest BCUT2D eigenvalue weighted by Crippen LogP contribution is -2.57. The molecule has 0 aliphatic heterocycles. The summed E-state index contributed by atoms with van der Waals surface area (Å²) in [5.74, 6) is 4.08. The molecule has 27 heavy (non-hydrogen) atoms. The highest BCUT2D eigenvalue weighted by Crippen LogP contribution is 2.68. The van der Waals surface area contributed by atoms with Crippen molar-refractivity contribution in [2.45, 2.75) is 77.7 Å². The number of ether oxygens (including phenoxy) is 2. The molecule has 0 N–H and O–H groups in total. The second kappa shape index (κ2) is 7.30. The third-order valence-corrected chi connectivity index (χ3v) is 9.43. The van der Waals surface area contributed by atoms with Crippen LogP contribution in [0.25, 0.3) is 0 Å². The van der Waals surface area contributed by atoms with Gasteiger partial charge in [0.2, 0.25) is 0 Å². The van der Waals surface area contributed by atoms with Crippen LogP contribution in [0, 0.1) is 40.4 Å². The van der Waals surface area contributed by atoms with Gasteiger partial charge in [0.1, 0.15) is 12.6 Å². The summed E-state index contributed by atoms with van der Waals surface area (Å²) in [6, 6.07) is 0. The SMILES string of the molecule is C=CC[C@@H]1CC2CC(=O)CC[C@]2(C)C2CC[C@@]3(C)C(CC[C@@H]3OCOC)C21. The number of Topliss-reactive ketones (excluding diaryl/α,β-unsaturated/α-hetero) is 1. The van der Waals surface area contributed by atoms with Crippen molar-refractivity contribution in [3.63, 3.8) is 0 Å². The van der Waals surface area contributed by atoms with E-state index in [0.29, 0.717) is 35.9 Å². The largest absolute Gasteiger partial charge is 0.359 e. The molecule has 0 radical (unpaired) electrons. The Hall–Kier alpha value is -0.670. The van der Waals surface area contributed by atoms with Crippen LogP contribution < -0.4 is 0 Å². The Morgan fingerprint density at radius 2 is 1.93 bits per heavy atom. The summed E-state index contributed by atoms with van der Waals surface area (Å²) in [5, 5.41) is 0. The number of fused-ring (bicyclic) bond motifs is 5. The van der Waals surface area contributed by atoms with E-state index in [0.717, 1.165) is 43.4 Å². The van der Waals surface area contributed by atoms with Gasteiger partial charge in [-0.1, -0.05) is 19.9 Å². The molecule has 8 atom stereocenters. The summed E-state index contributed by atoms with van der Waals surface area (Å²) in [4.78, 5) is 12.2. The van der Waals surface area contributed by atoms with Gasteiger partial charge in [-0.3, -0.25) is 4.79 Å². The van der Waals surface area contributed by atoms with Gasteiger partial charge < -0.3 is 9.47 Å². The lowest BCUT2D eigenvalue weighted by Gasteiger charge is -2.62. The Morgan fingerprint density at radius 1 is 1.15 bits per heavy atom. The number of allylic oxidation sites excluding steroid dienone is 1. The molecule has 0 heterocycles. The minimum Gasteiger partial charge on any atom is -0.359 e. The van der Waals surface area contributed by atoms with Gasteiger partial charge in [-0.05, 0) is 85.4 Å². The van der Waals surface area contributed by atoms with Crippen LogP contribution in [0.4, 0.5) is 0 Å². The topological polar surface area (TPSA) is 35.5 Å². The quantitative estimate of drug-likeness (QED) is 0.478. The molecule has 0 aromatic heterocycles. The van der Waals surface area contributed by atoms with E-state index in [9.17, 15) is 4.79 Å². The monoisotopic (exact) mass is 374 g/mol. The molecule has 0 amide bonds. The van der Waals surface area contributed by atoms with Crippen LogP contribution in [0.15, 0.2) is 12.7 Å². The van der Waals surface area contributed by atoms with E-state index in [1.807, 2.05) is 0 Å². The van der Waals surface area contributed by atoms with Gasteiger partial charge in [0.25, 0.3) is 0 Å². The summed E-state index contributed by atoms with van der Waals surface area (Å²) >= 11 is 0. The molecule has 3 nitrogen and oxygen atoms in total. The molecule has 4 rings (SSSR count). The number of methoxy groups -OCH3 is 1. The lowest BCUT2D eigenvalue weighted by molar-refractivity contribution is -0.169. The van der Waals surface area contributed by atoms with Crippen LogP contribution in [0.3, 0.4) is 0 Å². The molecule has 4 fully saturated rings. The Morgan fingerprint density at radius 3 is 2.67 bits per heavy atom. The van der Waals surface area contributed by atoms with Gasteiger partial charge in [-0.25, -0.2) is 0 Å². The number of ketones is 1. The number of rotatable bonds is 5. The molecule has 4 unspecified atom stereocenters. The van der Waals surface area contributed by atoms with Crippen molar-refractivity contribution in [2.75, 3.05) is 13.9 Å². The van der Waals surface area contributed by atoms with E-state index in [4.69, 9.17) is 9.47 Å². The zero-order valence-corrected chi connectivity index (χ0v) is 17.5. The van der Waals surface area contributed by atoms with E-state index >= 15 is 0 Å². The maximum Gasteiger partial charge on any atom is 0.146 e. The number of hydrogen-bond acceptors (Lipinski definition) is 3. The van der Waals surface area contributed by atoms with Gasteiger partial charge in [-0.15, -0.1) is 6.58 Å².